The van der Waals surface area contributed by atoms with Gasteiger partial charge in [-0.2, -0.15) is 0 Å². The van der Waals surface area contributed by atoms with Crippen molar-refractivity contribution in [2.75, 3.05) is 16.8 Å². The quantitative estimate of drug-likeness (QED) is 0.484. The Labute approximate surface area is 167 Å². The minimum atomic E-state index is -0.440. The molecule has 8 heteroatoms. The monoisotopic (exact) mass is 395 g/mol. The van der Waals surface area contributed by atoms with Crippen molar-refractivity contribution in [3.05, 3.63) is 75.1 Å². The van der Waals surface area contributed by atoms with E-state index < -0.39 is 4.92 Å². The van der Waals surface area contributed by atoms with Gasteiger partial charge in [0.25, 0.3) is 0 Å². The van der Waals surface area contributed by atoms with Crippen LogP contribution in [0.1, 0.15) is 17.5 Å². The molecule has 7 nitrogen and oxygen atoms in total. The molecule has 0 amide bonds. The van der Waals surface area contributed by atoms with Crippen molar-refractivity contribution in [2.24, 2.45) is 0 Å². The van der Waals surface area contributed by atoms with Crippen molar-refractivity contribution >= 4 is 40.3 Å². The summed E-state index contributed by atoms with van der Waals surface area (Å²) >= 11 is 6.18. The van der Waals surface area contributed by atoms with Crippen LogP contribution in [-0.4, -0.2) is 21.4 Å². The summed E-state index contributed by atoms with van der Waals surface area (Å²) in [6.07, 6.45) is 3.19. The van der Waals surface area contributed by atoms with Crippen LogP contribution in [0.2, 0.25) is 5.02 Å². The van der Waals surface area contributed by atoms with Gasteiger partial charge >= 0.3 is 5.69 Å². The maximum absolute atomic E-state index is 11.9. The summed E-state index contributed by atoms with van der Waals surface area (Å²) < 4.78 is 0. The van der Waals surface area contributed by atoms with E-state index in [-0.39, 0.29) is 17.3 Å². The van der Waals surface area contributed by atoms with Crippen molar-refractivity contribution in [2.45, 2.75) is 19.8 Å². The molecule has 1 aromatic heterocycles. The molecule has 0 atom stereocenters. The normalized spacial score (nSPS) is 13.1. The van der Waals surface area contributed by atoms with Crippen LogP contribution in [0.25, 0.3) is 0 Å². The van der Waals surface area contributed by atoms with Crippen molar-refractivity contribution in [1.29, 1.82) is 0 Å². The van der Waals surface area contributed by atoms with Crippen molar-refractivity contribution < 1.29 is 4.92 Å². The van der Waals surface area contributed by atoms with Crippen LogP contribution in [0.5, 0.6) is 0 Å². The zero-order chi connectivity index (χ0) is 19.7. The number of hydrogen-bond acceptors (Lipinski definition) is 6. The Morgan fingerprint density at radius 2 is 2.04 bits per heavy atom. The number of hydrogen-bond donors (Lipinski definition) is 1. The second-order valence-electron chi connectivity index (χ2n) is 6.62. The first-order valence-corrected chi connectivity index (χ1v) is 9.30. The van der Waals surface area contributed by atoms with Crippen LogP contribution < -0.4 is 10.2 Å². The fourth-order valence-electron chi connectivity index (χ4n) is 3.39. The first kappa shape index (κ1) is 18.2. The van der Waals surface area contributed by atoms with E-state index >= 15 is 0 Å². The Morgan fingerprint density at radius 1 is 1.21 bits per heavy atom. The molecule has 0 saturated carbocycles. The molecule has 2 heterocycles. The van der Waals surface area contributed by atoms with Gasteiger partial charge in [0.05, 0.1) is 4.92 Å². The summed E-state index contributed by atoms with van der Waals surface area (Å²) in [5.74, 6) is 0.422. The summed E-state index contributed by atoms with van der Waals surface area (Å²) in [6, 6.07) is 13.3. The van der Waals surface area contributed by atoms with Crippen LogP contribution in [0.3, 0.4) is 0 Å². The maximum atomic E-state index is 11.9. The fraction of sp³-hybridized carbons (Fsp3) is 0.200. The first-order valence-electron chi connectivity index (χ1n) is 8.92. The summed E-state index contributed by atoms with van der Waals surface area (Å²) in [6.45, 7) is 2.55. The molecule has 0 radical (unpaired) electrons. The van der Waals surface area contributed by atoms with E-state index in [4.69, 9.17) is 11.6 Å². The highest BCUT2D eigenvalue weighted by atomic mass is 35.5. The van der Waals surface area contributed by atoms with Crippen LogP contribution in [0, 0.1) is 17.0 Å². The van der Waals surface area contributed by atoms with Gasteiger partial charge in [0.2, 0.25) is 11.6 Å². The van der Waals surface area contributed by atoms with E-state index in [0.29, 0.717) is 17.3 Å². The summed E-state index contributed by atoms with van der Waals surface area (Å²) in [4.78, 5) is 21.8. The van der Waals surface area contributed by atoms with E-state index in [9.17, 15) is 10.1 Å². The van der Waals surface area contributed by atoms with E-state index in [0.717, 1.165) is 29.7 Å². The Hall–Kier alpha value is -3.19. The predicted molar refractivity (Wildman–Crippen MR) is 110 cm³/mol. The molecular weight excluding hydrogens is 378 g/mol. The van der Waals surface area contributed by atoms with Gasteiger partial charge in [-0.15, -0.1) is 0 Å². The zero-order valence-corrected chi connectivity index (χ0v) is 16.0. The number of benzene rings is 2. The van der Waals surface area contributed by atoms with Crippen molar-refractivity contribution in [3.63, 3.8) is 0 Å². The van der Waals surface area contributed by atoms with Gasteiger partial charge in [-0.1, -0.05) is 35.9 Å². The Balaban J connectivity index is 1.79. The zero-order valence-electron chi connectivity index (χ0n) is 15.2. The molecule has 4 rings (SSSR count). The Morgan fingerprint density at radius 3 is 2.82 bits per heavy atom. The number of anilines is 4. The highest BCUT2D eigenvalue weighted by Crippen LogP contribution is 2.40. The van der Waals surface area contributed by atoms with E-state index in [1.165, 1.54) is 6.33 Å². The lowest BCUT2D eigenvalue weighted by Crippen LogP contribution is -2.26. The maximum Gasteiger partial charge on any atom is 0.354 e. The van der Waals surface area contributed by atoms with Gasteiger partial charge in [0.15, 0.2) is 0 Å². The van der Waals surface area contributed by atoms with Crippen molar-refractivity contribution in [3.8, 4) is 0 Å². The second-order valence-corrected chi connectivity index (χ2v) is 7.03. The third-order valence-electron chi connectivity index (χ3n) is 4.79. The molecule has 1 N–H and O–H groups in total. The van der Waals surface area contributed by atoms with Gasteiger partial charge in [-0.25, -0.2) is 9.97 Å². The molecule has 0 saturated heterocycles. The van der Waals surface area contributed by atoms with Crippen LogP contribution >= 0.6 is 11.6 Å². The molecule has 0 aliphatic carbocycles. The Kier molecular flexibility index (Phi) is 4.83. The topological polar surface area (TPSA) is 84.2 Å². The molecular formula is C20H18ClN5O2. The molecule has 2 aromatic carbocycles. The molecule has 142 valence electrons. The van der Waals surface area contributed by atoms with E-state index in [1.807, 2.05) is 48.2 Å². The molecule has 28 heavy (non-hydrogen) atoms. The SMILES string of the molecule is Cc1ccc(Nc2ncnc(N3CCCc4ccccc43)c2[N+](=O)[O-])cc1Cl. The number of halogens is 1. The van der Waals surface area contributed by atoms with Gasteiger partial charge in [0, 0.05) is 22.9 Å². The number of nitrogens with zero attached hydrogens (tertiary/aromatic N) is 4. The number of rotatable bonds is 4. The number of fused-ring (bicyclic) bond motifs is 1. The lowest BCUT2D eigenvalue weighted by Gasteiger charge is -2.30. The van der Waals surface area contributed by atoms with Gasteiger partial charge in [0.1, 0.15) is 6.33 Å². The number of nitrogens with one attached hydrogen (secondary N) is 1. The minimum absolute atomic E-state index is 0.137. The van der Waals surface area contributed by atoms with Crippen LogP contribution in [-0.2, 0) is 6.42 Å². The lowest BCUT2D eigenvalue weighted by atomic mass is 10.0. The highest BCUT2D eigenvalue weighted by molar-refractivity contribution is 6.31. The average Bonchev–Trinajstić information content (AvgIpc) is 2.70. The molecule has 1 aliphatic heterocycles. The third-order valence-corrected chi connectivity index (χ3v) is 5.19. The Bertz CT molecular complexity index is 1060. The summed E-state index contributed by atoms with van der Waals surface area (Å²) in [7, 11) is 0. The standard InChI is InChI=1S/C20H18ClN5O2/c1-13-8-9-15(11-16(13)21)24-19-18(26(27)28)20(23-12-22-19)25-10-4-6-14-5-2-3-7-17(14)25/h2-3,5,7-9,11-12H,4,6,10H2,1H3,(H,22,23,24). The van der Waals surface area contributed by atoms with E-state index in [1.54, 1.807) is 6.07 Å². The minimum Gasteiger partial charge on any atom is -0.334 e. The predicted octanol–water partition coefficient (Wildman–Crippen LogP) is 5.17. The van der Waals surface area contributed by atoms with E-state index in [2.05, 4.69) is 15.3 Å². The molecule has 1 aliphatic rings. The van der Waals surface area contributed by atoms with Gasteiger partial charge in [-0.3, -0.25) is 10.1 Å². The smallest absolute Gasteiger partial charge is 0.334 e. The largest absolute Gasteiger partial charge is 0.354 e. The first-order chi connectivity index (χ1) is 13.5. The average molecular weight is 396 g/mol. The van der Waals surface area contributed by atoms with Crippen LogP contribution in [0.15, 0.2) is 48.8 Å². The fourth-order valence-corrected chi connectivity index (χ4v) is 3.57. The second kappa shape index (κ2) is 7.44. The number of nitro groups is 1. The van der Waals surface area contributed by atoms with Crippen LogP contribution in [0.4, 0.5) is 28.7 Å². The van der Waals surface area contributed by atoms with Crippen molar-refractivity contribution in [1.82, 2.24) is 9.97 Å². The molecule has 0 spiro atoms. The number of aryl methyl sites for hydroxylation is 2. The summed E-state index contributed by atoms with van der Waals surface area (Å²) in [5.41, 5.74) is 3.50. The molecule has 3 aromatic rings. The lowest BCUT2D eigenvalue weighted by molar-refractivity contribution is -0.383. The van der Waals surface area contributed by atoms with Gasteiger partial charge < -0.3 is 10.2 Å². The molecule has 0 fully saturated rings. The molecule has 0 bridgehead atoms. The summed E-state index contributed by atoms with van der Waals surface area (Å²) in [5, 5.41) is 15.5. The highest BCUT2D eigenvalue weighted by Gasteiger charge is 2.30. The van der Waals surface area contributed by atoms with Gasteiger partial charge in [-0.05, 0) is 49.1 Å². The number of para-hydroxylation sites is 1. The number of aromatic nitrogens is 2. The molecule has 0 unspecified atom stereocenters. The third kappa shape index (κ3) is 3.36.